The molecule has 1 saturated heterocycles. The van der Waals surface area contributed by atoms with E-state index in [-0.39, 0.29) is 11.5 Å². The van der Waals surface area contributed by atoms with Crippen molar-refractivity contribution in [2.24, 2.45) is 5.92 Å². The number of aromatic amines is 1. The normalized spacial score (nSPS) is 19.8. The molecule has 0 radical (unpaired) electrons. The summed E-state index contributed by atoms with van der Waals surface area (Å²) < 4.78 is 5.15. The standard InChI is InChI=1S/C13H18N2O3/c1-18-9-10-3-2-6-15(8-10)13(17)11-4-5-12(16)14-7-11/h4-5,7,10H,2-3,6,8-9H2,1H3,(H,14,16). The van der Waals surface area contributed by atoms with Gasteiger partial charge in [0.25, 0.3) is 5.91 Å². The van der Waals surface area contributed by atoms with Gasteiger partial charge in [0.1, 0.15) is 0 Å². The molecular formula is C13H18N2O3. The average molecular weight is 250 g/mol. The van der Waals surface area contributed by atoms with Crippen LogP contribution < -0.4 is 5.56 Å². The second kappa shape index (κ2) is 5.82. The van der Waals surface area contributed by atoms with Crippen molar-refractivity contribution in [3.63, 3.8) is 0 Å². The highest BCUT2D eigenvalue weighted by Crippen LogP contribution is 2.18. The first kappa shape index (κ1) is 12.8. The molecule has 1 fully saturated rings. The largest absolute Gasteiger partial charge is 0.384 e. The lowest BCUT2D eigenvalue weighted by Gasteiger charge is -2.32. The zero-order chi connectivity index (χ0) is 13.0. The lowest BCUT2D eigenvalue weighted by molar-refractivity contribution is 0.0570. The van der Waals surface area contributed by atoms with Gasteiger partial charge in [0.15, 0.2) is 0 Å². The number of aromatic nitrogens is 1. The Morgan fingerprint density at radius 1 is 1.56 bits per heavy atom. The van der Waals surface area contributed by atoms with Gasteiger partial charge in [0.2, 0.25) is 5.56 Å². The highest BCUT2D eigenvalue weighted by atomic mass is 16.5. The Hall–Kier alpha value is -1.62. The lowest BCUT2D eigenvalue weighted by atomic mass is 9.98. The summed E-state index contributed by atoms with van der Waals surface area (Å²) in [4.78, 5) is 27.5. The Labute approximate surface area is 106 Å². The fourth-order valence-electron chi connectivity index (χ4n) is 2.35. The van der Waals surface area contributed by atoms with Gasteiger partial charge in [-0.05, 0) is 24.8 Å². The van der Waals surface area contributed by atoms with Crippen LogP contribution in [0, 0.1) is 5.92 Å². The van der Waals surface area contributed by atoms with Crippen LogP contribution in [0.4, 0.5) is 0 Å². The van der Waals surface area contributed by atoms with E-state index in [0.29, 0.717) is 18.1 Å². The molecule has 1 aromatic rings. The van der Waals surface area contributed by atoms with E-state index < -0.39 is 0 Å². The SMILES string of the molecule is COCC1CCCN(C(=O)c2ccc(=O)[nH]c2)C1. The monoisotopic (exact) mass is 250 g/mol. The molecule has 98 valence electrons. The predicted molar refractivity (Wildman–Crippen MR) is 67.6 cm³/mol. The topological polar surface area (TPSA) is 62.4 Å². The number of hydrogen-bond acceptors (Lipinski definition) is 3. The van der Waals surface area contributed by atoms with Gasteiger partial charge in [0, 0.05) is 32.5 Å². The van der Waals surface area contributed by atoms with E-state index in [9.17, 15) is 9.59 Å². The summed E-state index contributed by atoms with van der Waals surface area (Å²) in [5, 5.41) is 0. The number of ether oxygens (including phenoxy) is 1. The molecule has 5 heteroatoms. The van der Waals surface area contributed by atoms with Crippen molar-refractivity contribution in [3.05, 3.63) is 34.2 Å². The summed E-state index contributed by atoms with van der Waals surface area (Å²) in [6.07, 6.45) is 3.58. The molecule has 1 amide bonds. The number of carbonyl (C=O) groups excluding carboxylic acids is 1. The number of hydrogen-bond donors (Lipinski definition) is 1. The molecule has 0 saturated carbocycles. The molecule has 0 bridgehead atoms. The van der Waals surface area contributed by atoms with Crippen molar-refractivity contribution in [2.75, 3.05) is 26.8 Å². The quantitative estimate of drug-likeness (QED) is 0.866. The van der Waals surface area contributed by atoms with Crippen LogP contribution in [0.1, 0.15) is 23.2 Å². The first-order valence-corrected chi connectivity index (χ1v) is 6.17. The summed E-state index contributed by atoms with van der Waals surface area (Å²) in [7, 11) is 1.68. The maximum absolute atomic E-state index is 12.2. The minimum absolute atomic E-state index is 0.0212. The molecule has 0 spiro atoms. The van der Waals surface area contributed by atoms with Crippen molar-refractivity contribution in [1.82, 2.24) is 9.88 Å². The third-order valence-corrected chi connectivity index (χ3v) is 3.24. The van der Waals surface area contributed by atoms with E-state index in [0.717, 1.165) is 25.9 Å². The molecule has 1 N–H and O–H groups in total. The summed E-state index contributed by atoms with van der Waals surface area (Å²) >= 11 is 0. The van der Waals surface area contributed by atoms with Crippen LogP contribution in [0.15, 0.2) is 23.1 Å². The highest BCUT2D eigenvalue weighted by molar-refractivity contribution is 5.93. The zero-order valence-electron chi connectivity index (χ0n) is 10.5. The Kier molecular flexibility index (Phi) is 4.15. The van der Waals surface area contributed by atoms with E-state index in [1.54, 1.807) is 13.2 Å². The first-order chi connectivity index (χ1) is 8.70. The van der Waals surface area contributed by atoms with Crippen LogP contribution in [0.3, 0.4) is 0 Å². The molecule has 1 unspecified atom stereocenters. The molecule has 0 aromatic carbocycles. The second-order valence-corrected chi connectivity index (χ2v) is 4.66. The molecule has 1 aliphatic rings. The number of rotatable bonds is 3. The van der Waals surface area contributed by atoms with Crippen molar-refractivity contribution in [2.45, 2.75) is 12.8 Å². The molecule has 1 aromatic heterocycles. The van der Waals surface area contributed by atoms with Crippen molar-refractivity contribution in [3.8, 4) is 0 Å². The number of piperidine rings is 1. The van der Waals surface area contributed by atoms with Crippen molar-refractivity contribution < 1.29 is 9.53 Å². The van der Waals surface area contributed by atoms with E-state index in [4.69, 9.17) is 4.74 Å². The van der Waals surface area contributed by atoms with Crippen molar-refractivity contribution >= 4 is 5.91 Å². The number of carbonyl (C=O) groups is 1. The molecule has 1 atom stereocenters. The summed E-state index contributed by atoms with van der Waals surface area (Å²) in [6.45, 7) is 2.19. The summed E-state index contributed by atoms with van der Waals surface area (Å²) in [6, 6.07) is 2.95. The highest BCUT2D eigenvalue weighted by Gasteiger charge is 2.24. The maximum Gasteiger partial charge on any atom is 0.255 e. The van der Waals surface area contributed by atoms with Crippen LogP contribution in [0.2, 0.25) is 0 Å². The van der Waals surface area contributed by atoms with Gasteiger partial charge in [-0.2, -0.15) is 0 Å². The Morgan fingerprint density at radius 2 is 2.39 bits per heavy atom. The Morgan fingerprint density at radius 3 is 3.06 bits per heavy atom. The number of nitrogens with zero attached hydrogens (tertiary/aromatic N) is 1. The average Bonchev–Trinajstić information content (AvgIpc) is 2.39. The minimum Gasteiger partial charge on any atom is -0.384 e. The zero-order valence-corrected chi connectivity index (χ0v) is 10.5. The summed E-state index contributed by atoms with van der Waals surface area (Å²) in [5.74, 6) is 0.391. The molecule has 2 rings (SSSR count). The fraction of sp³-hybridized carbons (Fsp3) is 0.538. The number of H-pyrrole nitrogens is 1. The smallest absolute Gasteiger partial charge is 0.255 e. The van der Waals surface area contributed by atoms with Gasteiger partial charge in [-0.3, -0.25) is 9.59 Å². The number of amides is 1. The molecular weight excluding hydrogens is 232 g/mol. The van der Waals surface area contributed by atoms with E-state index >= 15 is 0 Å². The number of likely N-dealkylation sites (tertiary alicyclic amines) is 1. The number of nitrogens with one attached hydrogen (secondary N) is 1. The Balaban J connectivity index is 2.04. The second-order valence-electron chi connectivity index (χ2n) is 4.66. The Bertz CT molecular complexity index is 447. The molecule has 18 heavy (non-hydrogen) atoms. The van der Waals surface area contributed by atoms with E-state index in [1.807, 2.05) is 4.90 Å². The van der Waals surface area contributed by atoms with Crippen LogP contribution in [-0.4, -0.2) is 42.6 Å². The molecule has 2 heterocycles. The van der Waals surface area contributed by atoms with Crippen LogP contribution >= 0.6 is 0 Å². The van der Waals surface area contributed by atoms with Crippen LogP contribution in [0.5, 0.6) is 0 Å². The van der Waals surface area contributed by atoms with Gasteiger partial charge in [-0.25, -0.2) is 0 Å². The lowest BCUT2D eigenvalue weighted by Crippen LogP contribution is -2.41. The van der Waals surface area contributed by atoms with Gasteiger partial charge >= 0.3 is 0 Å². The molecule has 1 aliphatic heterocycles. The number of pyridine rings is 1. The van der Waals surface area contributed by atoms with Crippen LogP contribution in [0.25, 0.3) is 0 Å². The van der Waals surface area contributed by atoms with Gasteiger partial charge in [0.05, 0.1) is 12.2 Å². The van der Waals surface area contributed by atoms with Crippen LogP contribution in [-0.2, 0) is 4.74 Å². The maximum atomic E-state index is 12.2. The molecule has 0 aliphatic carbocycles. The molecule has 5 nitrogen and oxygen atoms in total. The minimum atomic E-state index is -0.192. The number of methoxy groups -OCH3 is 1. The third kappa shape index (κ3) is 2.98. The first-order valence-electron chi connectivity index (χ1n) is 6.17. The van der Waals surface area contributed by atoms with E-state index in [2.05, 4.69) is 4.98 Å². The van der Waals surface area contributed by atoms with Gasteiger partial charge < -0.3 is 14.6 Å². The van der Waals surface area contributed by atoms with Gasteiger partial charge in [-0.1, -0.05) is 0 Å². The summed E-state index contributed by atoms with van der Waals surface area (Å²) in [5.41, 5.74) is 0.343. The van der Waals surface area contributed by atoms with Crippen molar-refractivity contribution in [1.29, 1.82) is 0 Å². The fourth-order valence-corrected chi connectivity index (χ4v) is 2.35. The van der Waals surface area contributed by atoms with Gasteiger partial charge in [-0.15, -0.1) is 0 Å². The predicted octanol–water partition coefficient (Wildman–Crippen LogP) is 0.873. The van der Waals surface area contributed by atoms with E-state index in [1.165, 1.54) is 12.3 Å². The third-order valence-electron chi connectivity index (χ3n) is 3.24.